The van der Waals surface area contributed by atoms with E-state index >= 15 is 0 Å². The minimum absolute atomic E-state index is 0.0671. The lowest BCUT2D eigenvalue weighted by atomic mass is 9.87. The number of pyridine rings is 1. The van der Waals surface area contributed by atoms with Crippen molar-refractivity contribution in [2.45, 2.75) is 39.5 Å². The van der Waals surface area contributed by atoms with Crippen molar-refractivity contribution in [1.29, 1.82) is 0 Å². The molecule has 2 rings (SSSR count). The topological polar surface area (TPSA) is 38.9 Å². The van der Waals surface area contributed by atoms with E-state index in [0.717, 1.165) is 17.6 Å². The molecule has 2 nitrogen and oxygen atoms in total. The van der Waals surface area contributed by atoms with E-state index in [1.807, 2.05) is 0 Å². The second kappa shape index (κ2) is 4.69. The van der Waals surface area contributed by atoms with Gasteiger partial charge in [-0.1, -0.05) is 26.8 Å². The smallest absolute Gasteiger partial charge is 0.0708 e. The summed E-state index contributed by atoms with van der Waals surface area (Å²) in [5.74, 6) is 0. The number of nitrogens with two attached hydrogens (primary N) is 1. The van der Waals surface area contributed by atoms with Crippen molar-refractivity contribution in [3.05, 3.63) is 41.1 Å². The molecule has 1 heterocycles. The summed E-state index contributed by atoms with van der Waals surface area (Å²) in [5.41, 5.74) is 10.6. The first-order valence-electron chi connectivity index (χ1n) is 6.59. The van der Waals surface area contributed by atoms with Crippen molar-refractivity contribution >= 4 is 10.9 Å². The largest absolute Gasteiger partial charge is 0.330 e. The van der Waals surface area contributed by atoms with Crippen LogP contribution in [0.4, 0.5) is 0 Å². The van der Waals surface area contributed by atoms with E-state index < -0.39 is 0 Å². The summed E-state index contributed by atoms with van der Waals surface area (Å²) < 4.78 is 0. The summed E-state index contributed by atoms with van der Waals surface area (Å²) in [5, 5.41) is 1.26. The van der Waals surface area contributed by atoms with Crippen molar-refractivity contribution in [3.8, 4) is 0 Å². The molecule has 0 aliphatic heterocycles. The molecule has 18 heavy (non-hydrogen) atoms. The third-order valence-corrected chi connectivity index (χ3v) is 3.69. The third-order valence-electron chi connectivity index (χ3n) is 3.69. The molecule has 0 saturated carbocycles. The van der Waals surface area contributed by atoms with Gasteiger partial charge in [-0.05, 0) is 42.7 Å². The van der Waals surface area contributed by atoms with E-state index in [1.54, 1.807) is 0 Å². The number of hydrogen-bond acceptors (Lipinski definition) is 2. The van der Waals surface area contributed by atoms with E-state index in [0.29, 0.717) is 6.54 Å². The summed E-state index contributed by atoms with van der Waals surface area (Å²) in [6.07, 6.45) is 1.06. The quantitative estimate of drug-likeness (QED) is 0.896. The standard InChI is InChI=1S/C16H22N2/c1-5-12-6-7-14-13(9-12)11(2)8-15(18-14)16(3,4)10-17/h6-9H,5,10,17H2,1-4H3. The fraction of sp³-hybridized carbons (Fsp3) is 0.438. The molecule has 2 N–H and O–H groups in total. The van der Waals surface area contributed by atoms with Gasteiger partial charge in [-0.15, -0.1) is 0 Å². The zero-order chi connectivity index (χ0) is 13.3. The minimum Gasteiger partial charge on any atom is -0.330 e. The number of nitrogens with zero attached hydrogens (tertiary/aromatic N) is 1. The van der Waals surface area contributed by atoms with Crippen LogP contribution in [0, 0.1) is 6.92 Å². The van der Waals surface area contributed by atoms with Crippen molar-refractivity contribution in [3.63, 3.8) is 0 Å². The van der Waals surface area contributed by atoms with Crippen LogP contribution in [0.2, 0.25) is 0 Å². The Morgan fingerprint density at radius 1 is 1.22 bits per heavy atom. The Morgan fingerprint density at radius 3 is 2.56 bits per heavy atom. The van der Waals surface area contributed by atoms with Gasteiger partial charge in [0.2, 0.25) is 0 Å². The normalized spacial score (nSPS) is 12.1. The summed E-state index contributed by atoms with van der Waals surface area (Å²) in [7, 11) is 0. The predicted molar refractivity (Wildman–Crippen MR) is 77.9 cm³/mol. The average Bonchev–Trinajstić information content (AvgIpc) is 2.38. The van der Waals surface area contributed by atoms with Crippen LogP contribution in [-0.2, 0) is 11.8 Å². The van der Waals surface area contributed by atoms with Crippen molar-refractivity contribution < 1.29 is 0 Å². The van der Waals surface area contributed by atoms with E-state index in [1.165, 1.54) is 16.5 Å². The highest BCUT2D eigenvalue weighted by molar-refractivity contribution is 5.83. The molecule has 0 unspecified atom stereocenters. The molecule has 0 radical (unpaired) electrons. The average molecular weight is 242 g/mol. The van der Waals surface area contributed by atoms with Gasteiger partial charge in [0.1, 0.15) is 0 Å². The Morgan fingerprint density at radius 2 is 1.94 bits per heavy atom. The first-order valence-corrected chi connectivity index (χ1v) is 6.59. The maximum atomic E-state index is 5.84. The predicted octanol–water partition coefficient (Wildman–Crippen LogP) is 3.34. The summed E-state index contributed by atoms with van der Waals surface area (Å²) >= 11 is 0. The molecule has 2 aromatic rings. The number of rotatable bonds is 3. The summed E-state index contributed by atoms with van der Waals surface area (Å²) in [6, 6.07) is 8.71. The van der Waals surface area contributed by atoms with Crippen molar-refractivity contribution in [2.24, 2.45) is 5.73 Å². The van der Waals surface area contributed by atoms with E-state index in [2.05, 4.69) is 52.0 Å². The lowest BCUT2D eigenvalue weighted by Crippen LogP contribution is -2.29. The zero-order valence-electron chi connectivity index (χ0n) is 11.7. The van der Waals surface area contributed by atoms with Gasteiger partial charge in [0, 0.05) is 23.0 Å². The molecule has 1 aromatic carbocycles. The van der Waals surface area contributed by atoms with Crippen LogP contribution in [-0.4, -0.2) is 11.5 Å². The van der Waals surface area contributed by atoms with Gasteiger partial charge >= 0.3 is 0 Å². The molecule has 0 atom stereocenters. The van der Waals surface area contributed by atoms with E-state index in [9.17, 15) is 0 Å². The van der Waals surface area contributed by atoms with Crippen LogP contribution < -0.4 is 5.73 Å². The lowest BCUT2D eigenvalue weighted by molar-refractivity contribution is 0.523. The van der Waals surface area contributed by atoms with Crippen LogP contribution in [0.25, 0.3) is 10.9 Å². The van der Waals surface area contributed by atoms with Gasteiger partial charge in [0.15, 0.2) is 0 Å². The highest BCUT2D eigenvalue weighted by atomic mass is 14.7. The number of aryl methyl sites for hydroxylation is 2. The Kier molecular flexibility index (Phi) is 3.40. The van der Waals surface area contributed by atoms with Gasteiger partial charge in [-0.25, -0.2) is 0 Å². The molecular formula is C16H22N2. The molecule has 0 spiro atoms. The molecule has 0 aliphatic carbocycles. The Bertz CT molecular complexity index is 571. The van der Waals surface area contributed by atoms with Crippen LogP contribution in [0.1, 0.15) is 37.6 Å². The van der Waals surface area contributed by atoms with E-state index in [-0.39, 0.29) is 5.41 Å². The first-order chi connectivity index (χ1) is 8.47. The van der Waals surface area contributed by atoms with Gasteiger partial charge < -0.3 is 5.73 Å². The summed E-state index contributed by atoms with van der Waals surface area (Å²) in [4.78, 5) is 4.77. The summed E-state index contributed by atoms with van der Waals surface area (Å²) in [6.45, 7) is 9.22. The van der Waals surface area contributed by atoms with Crippen LogP contribution >= 0.6 is 0 Å². The number of fused-ring (bicyclic) bond motifs is 1. The second-order valence-corrected chi connectivity index (χ2v) is 5.62. The van der Waals surface area contributed by atoms with Gasteiger partial charge in [0.25, 0.3) is 0 Å². The van der Waals surface area contributed by atoms with Crippen LogP contribution in [0.3, 0.4) is 0 Å². The maximum Gasteiger partial charge on any atom is 0.0708 e. The maximum absolute atomic E-state index is 5.84. The van der Waals surface area contributed by atoms with Gasteiger partial charge in [-0.3, -0.25) is 4.98 Å². The molecule has 0 fully saturated rings. The van der Waals surface area contributed by atoms with Gasteiger partial charge in [-0.2, -0.15) is 0 Å². The Labute approximate surface area is 109 Å². The SMILES string of the molecule is CCc1ccc2nc(C(C)(C)CN)cc(C)c2c1. The minimum atomic E-state index is -0.0671. The lowest BCUT2D eigenvalue weighted by Gasteiger charge is -2.23. The zero-order valence-corrected chi connectivity index (χ0v) is 11.7. The molecule has 2 heteroatoms. The molecule has 1 aromatic heterocycles. The molecule has 0 amide bonds. The van der Waals surface area contributed by atoms with Crippen LogP contribution in [0.5, 0.6) is 0 Å². The highest BCUT2D eigenvalue weighted by Crippen LogP contribution is 2.26. The Hall–Kier alpha value is -1.41. The molecule has 0 aliphatic rings. The molecular weight excluding hydrogens is 220 g/mol. The fourth-order valence-corrected chi connectivity index (χ4v) is 2.11. The number of benzene rings is 1. The fourth-order valence-electron chi connectivity index (χ4n) is 2.11. The molecule has 0 bridgehead atoms. The molecule has 96 valence electrons. The third kappa shape index (κ3) is 2.25. The number of hydrogen-bond donors (Lipinski definition) is 1. The molecule has 0 saturated heterocycles. The van der Waals surface area contributed by atoms with Gasteiger partial charge in [0.05, 0.1) is 5.52 Å². The highest BCUT2D eigenvalue weighted by Gasteiger charge is 2.21. The Balaban J connectivity index is 2.64. The van der Waals surface area contributed by atoms with E-state index in [4.69, 9.17) is 10.7 Å². The van der Waals surface area contributed by atoms with Crippen molar-refractivity contribution in [2.75, 3.05) is 6.54 Å². The first kappa shape index (κ1) is 13.0. The van der Waals surface area contributed by atoms with Crippen molar-refractivity contribution in [1.82, 2.24) is 4.98 Å². The van der Waals surface area contributed by atoms with Crippen LogP contribution in [0.15, 0.2) is 24.3 Å². The number of aromatic nitrogens is 1. The second-order valence-electron chi connectivity index (χ2n) is 5.62. The monoisotopic (exact) mass is 242 g/mol.